The Balaban J connectivity index is 2.34. The van der Waals surface area contributed by atoms with E-state index in [9.17, 15) is 4.79 Å². The zero-order valence-corrected chi connectivity index (χ0v) is 23.7. The third kappa shape index (κ3) is 14.6. The quantitative estimate of drug-likeness (QED) is 0.185. The average molecular weight is 479 g/mol. The molecule has 2 nitrogen and oxygen atoms in total. The minimum absolute atomic E-state index is 0.161. The van der Waals surface area contributed by atoms with E-state index in [-0.39, 0.29) is 11.9 Å². The van der Waals surface area contributed by atoms with Crippen LogP contribution in [0.15, 0.2) is 70.9 Å². The van der Waals surface area contributed by atoms with E-state index in [1.807, 2.05) is 13.0 Å². The van der Waals surface area contributed by atoms with E-state index < -0.39 is 0 Å². The Morgan fingerprint density at radius 2 is 1.23 bits per heavy atom. The lowest BCUT2D eigenvalue weighted by Gasteiger charge is -2.12. The molecule has 2 heteroatoms. The Morgan fingerprint density at radius 3 is 1.71 bits per heavy atom. The highest BCUT2D eigenvalue weighted by atomic mass is 16.5. The van der Waals surface area contributed by atoms with E-state index in [2.05, 4.69) is 91.0 Å². The van der Waals surface area contributed by atoms with Crippen LogP contribution in [0.25, 0.3) is 0 Å². The molecule has 35 heavy (non-hydrogen) atoms. The van der Waals surface area contributed by atoms with Crippen LogP contribution in [0.2, 0.25) is 0 Å². The maximum absolute atomic E-state index is 12.5. The number of hydrogen-bond acceptors (Lipinski definition) is 2. The highest BCUT2D eigenvalue weighted by molar-refractivity contribution is 5.77. The highest BCUT2D eigenvalue weighted by Crippen LogP contribution is 2.19. The first kappa shape index (κ1) is 30.7. The molecule has 194 valence electrons. The van der Waals surface area contributed by atoms with Crippen LogP contribution in [0.5, 0.6) is 0 Å². The molecule has 1 aromatic carbocycles. The Hall–Kier alpha value is -2.35. The average Bonchev–Trinajstić information content (AvgIpc) is 2.78. The van der Waals surface area contributed by atoms with E-state index in [0.29, 0.717) is 12.5 Å². The standard InChI is InChI=1S/C33H50O2/c1-25(2)12-9-13-27(5)14-10-15-28(6)16-11-17-29(7)22-23-35-33(34)30(8)32-20-18-31(19-21-32)24-26(3)4/h12,14,16,18-22,26,30H,9-11,13,15,17,23-24H2,1-8H3. The van der Waals surface area contributed by atoms with Crippen molar-refractivity contribution in [2.75, 3.05) is 6.61 Å². The molecule has 0 aliphatic carbocycles. The summed E-state index contributed by atoms with van der Waals surface area (Å²) in [6.07, 6.45) is 16.7. The van der Waals surface area contributed by atoms with Crippen molar-refractivity contribution in [1.29, 1.82) is 0 Å². The second-order valence-electron chi connectivity index (χ2n) is 10.7. The summed E-state index contributed by atoms with van der Waals surface area (Å²) in [6, 6.07) is 8.37. The molecule has 1 atom stereocenters. The van der Waals surface area contributed by atoms with Crippen LogP contribution in [0, 0.1) is 5.92 Å². The molecule has 0 bridgehead atoms. The first-order valence-electron chi connectivity index (χ1n) is 13.4. The number of rotatable bonds is 15. The third-order valence-corrected chi connectivity index (χ3v) is 6.29. The number of benzene rings is 1. The minimum atomic E-state index is -0.243. The van der Waals surface area contributed by atoms with Crippen LogP contribution in [0.3, 0.4) is 0 Å². The third-order valence-electron chi connectivity index (χ3n) is 6.29. The van der Waals surface area contributed by atoms with E-state index in [1.54, 1.807) is 0 Å². The Kier molecular flexibility index (Phi) is 15.0. The number of carbonyl (C=O) groups is 1. The van der Waals surface area contributed by atoms with Gasteiger partial charge in [-0.25, -0.2) is 0 Å². The largest absolute Gasteiger partial charge is 0.461 e. The molecule has 0 saturated heterocycles. The fourth-order valence-electron chi connectivity index (χ4n) is 3.93. The van der Waals surface area contributed by atoms with Crippen LogP contribution in [-0.4, -0.2) is 12.6 Å². The topological polar surface area (TPSA) is 26.3 Å². The predicted molar refractivity (Wildman–Crippen MR) is 153 cm³/mol. The van der Waals surface area contributed by atoms with Crippen molar-refractivity contribution in [3.63, 3.8) is 0 Å². The van der Waals surface area contributed by atoms with Gasteiger partial charge in [0.2, 0.25) is 0 Å². The van der Waals surface area contributed by atoms with Crippen molar-refractivity contribution in [2.45, 2.75) is 106 Å². The van der Waals surface area contributed by atoms with E-state index >= 15 is 0 Å². The molecular weight excluding hydrogens is 428 g/mol. The summed E-state index contributed by atoms with van der Waals surface area (Å²) < 4.78 is 5.53. The van der Waals surface area contributed by atoms with Crippen molar-refractivity contribution >= 4 is 5.97 Å². The van der Waals surface area contributed by atoms with Gasteiger partial charge >= 0.3 is 5.97 Å². The van der Waals surface area contributed by atoms with Gasteiger partial charge in [0.15, 0.2) is 0 Å². The van der Waals surface area contributed by atoms with Gasteiger partial charge < -0.3 is 4.74 Å². The fraction of sp³-hybridized carbons (Fsp3) is 0.545. The van der Waals surface area contributed by atoms with Crippen LogP contribution in [-0.2, 0) is 16.0 Å². The van der Waals surface area contributed by atoms with Gasteiger partial charge in [0.25, 0.3) is 0 Å². The number of allylic oxidation sites excluding steroid dienone is 7. The van der Waals surface area contributed by atoms with Crippen molar-refractivity contribution in [2.24, 2.45) is 5.92 Å². The van der Waals surface area contributed by atoms with Crippen LogP contribution < -0.4 is 0 Å². The van der Waals surface area contributed by atoms with Crippen LogP contribution in [0.1, 0.15) is 111 Å². The molecule has 0 amide bonds. The Morgan fingerprint density at radius 1 is 0.743 bits per heavy atom. The second kappa shape index (κ2) is 17.1. The summed E-state index contributed by atoms with van der Waals surface area (Å²) >= 11 is 0. The summed E-state index contributed by atoms with van der Waals surface area (Å²) in [5, 5.41) is 0. The molecule has 0 aromatic heterocycles. The first-order chi connectivity index (χ1) is 16.6. The molecule has 0 radical (unpaired) electrons. The molecular formula is C33H50O2. The molecule has 0 fully saturated rings. The maximum Gasteiger partial charge on any atom is 0.313 e. The summed E-state index contributed by atoms with van der Waals surface area (Å²) in [5.74, 6) is 0.226. The lowest BCUT2D eigenvalue weighted by molar-refractivity contribution is -0.143. The van der Waals surface area contributed by atoms with Gasteiger partial charge in [-0.05, 0) is 110 Å². The number of ether oxygens (including phenoxy) is 1. The normalized spacial score (nSPS) is 13.7. The predicted octanol–water partition coefficient (Wildman–Crippen LogP) is 9.68. The van der Waals surface area contributed by atoms with E-state index in [4.69, 9.17) is 4.74 Å². The highest BCUT2D eigenvalue weighted by Gasteiger charge is 2.16. The van der Waals surface area contributed by atoms with Crippen molar-refractivity contribution in [1.82, 2.24) is 0 Å². The van der Waals surface area contributed by atoms with Gasteiger partial charge in [0, 0.05) is 0 Å². The van der Waals surface area contributed by atoms with Gasteiger partial charge in [-0.15, -0.1) is 0 Å². The fourth-order valence-corrected chi connectivity index (χ4v) is 3.93. The Bertz CT molecular complexity index is 874. The smallest absolute Gasteiger partial charge is 0.313 e. The summed E-state index contributed by atoms with van der Waals surface area (Å²) in [4.78, 5) is 12.5. The first-order valence-corrected chi connectivity index (χ1v) is 13.4. The Labute approximate surface area is 216 Å². The second-order valence-corrected chi connectivity index (χ2v) is 10.7. The molecule has 0 N–H and O–H groups in total. The van der Waals surface area contributed by atoms with Crippen LogP contribution in [0.4, 0.5) is 0 Å². The number of hydrogen-bond donors (Lipinski definition) is 0. The molecule has 0 aliphatic rings. The molecule has 1 aromatic rings. The monoisotopic (exact) mass is 478 g/mol. The molecule has 0 spiro atoms. The number of esters is 1. The summed E-state index contributed by atoms with van der Waals surface area (Å²) in [6.45, 7) is 17.6. The number of carbonyl (C=O) groups excluding carboxylic acids is 1. The SMILES string of the molecule is CC(C)=CCCC(C)=CCCC(C)=CCCC(C)=CCOC(=O)C(C)c1ccc(CC(C)C)cc1. The van der Waals surface area contributed by atoms with Gasteiger partial charge in [-0.2, -0.15) is 0 Å². The molecule has 0 aliphatic heterocycles. The summed E-state index contributed by atoms with van der Waals surface area (Å²) in [7, 11) is 0. The lowest BCUT2D eigenvalue weighted by atomic mass is 9.97. The molecule has 0 saturated carbocycles. The molecule has 1 rings (SSSR count). The molecule has 1 unspecified atom stereocenters. The zero-order chi connectivity index (χ0) is 26.2. The van der Waals surface area contributed by atoms with Crippen molar-refractivity contribution < 1.29 is 9.53 Å². The van der Waals surface area contributed by atoms with Crippen LogP contribution >= 0.6 is 0 Å². The van der Waals surface area contributed by atoms with E-state index in [1.165, 1.54) is 27.9 Å². The minimum Gasteiger partial charge on any atom is -0.461 e. The zero-order valence-electron chi connectivity index (χ0n) is 23.7. The van der Waals surface area contributed by atoms with Gasteiger partial charge in [-0.1, -0.05) is 78.6 Å². The summed E-state index contributed by atoms with van der Waals surface area (Å²) in [5.41, 5.74) is 7.93. The lowest BCUT2D eigenvalue weighted by Crippen LogP contribution is -2.13. The van der Waals surface area contributed by atoms with Crippen molar-refractivity contribution in [3.8, 4) is 0 Å². The molecule has 0 heterocycles. The van der Waals surface area contributed by atoms with E-state index in [0.717, 1.165) is 50.5 Å². The van der Waals surface area contributed by atoms with Gasteiger partial charge in [0.05, 0.1) is 5.92 Å². The van der Waals surface area contributed by atoms with Crippen molar-refractivity contribution in [3.05, 3.63) is 82.0 Å². The van der Waals surface area contributed by atoms with Gasteiger partial charge in [0.1, 0.15) is 6.61 Å². The maximum atomic E-state index is 12.5. The van der Waals surface area contributed by atoms with Gasteiger partial charge in [-0.3, -0.25) is 4.79 Å².